The second-order valence-corrected chi connectivity index (χ2v) is 5.33. The van der Waals surface area contributed by atoms with Crippen LogP contribution >= 0.6 is 24.8 Å². The molecule has 1 unspecified atom stereocenters. The fourth-order valence-corrected chi connectivity index (χ4v) is 2.80. The first-order valence-corrected chi connectivity index (χ1v) is 7.32. The molecule has 2 heterocycles. The predicted molar refractivity (Wildman–Crippen MR) is 99.1 cm³/mol. The number of fused-ring (bicyclic) bond motifs is 1. The third-order valence-electron chi connectivity index (χ3n) is 3.95. The Kier molecular flexibility index (Phi) is 7.49. The first kappa shape index (κ1) is 19.4. The van der Waals surface area contributed by atoms with Crippen molar-refractivity contribution in [2.75, 3.05) is 13.1 Å². The third-order valence-corrected chi connectivity index (χ3v) is 3.95. The molecule has 0 saturated carbocycles. The van der Waals surface area contributed by atoms with E-state index < -0.39 is 0 Å². The second-order valence-electron chi connectivity index (χ2n) is 5.33. The summed E-state index contributed by atoms with van der Waals surface area (Å²) in [6.07, 6.45) is 5.42. The van der Waals surface area contributed by atoms with Crippen LogP contribution in [-0.4, -0.2) is 34.9 Å². The number of carbonyl (C=O) groups is 1. The lowest BCUT2D eigenvalue weighted by Gasteiger charge is -2.21. The molecule has 2 aromatic rings. The minimum Gasteiger partial charge on any atom is -0.335 e. The molecule has 0 spiro atoms. The van der Waals surface area contributed by atoms with Gasteiger partial charge in [-0.15, -0.1) is 24.8 Å². The molecule has 0 radical (unpaired) electrons. The number of likely N-dealkylation sites (tertiary alicyclic amines) is 1. The van der Waals surface area contributed by atoms with E-state index in [1.54, 1.807) is 12.2 Å². The van der Waals surface area contributed by atoms with Crippen molar-refractivity contribution in [2.45, 2.75) is 18.9 Å². The molecule has 2 N–H and O–H groups in total. The quantitative estimate of drug-likeness (QED) is 0.862. The molecule has 1 aliphatic heterocycles. The predicted octanol–water partition coefficient (Wildman–Crippen LogP) is 3.04. The maximum atomic E-state index is 12.2. The van der Waals surface area contributed by atoms with Gasteiger partial charge in [0.1, 0.15) is 0 Å². The van der Waals surface area contributed by atoms with Crippen molar-refractivity contribution in [3.63, 3.8) is 0 Å². The van der Waals surface area contributed by atoms with E-state index in [2.05, 4.69) is 4.98 Å². The smallest absolute Gasteiger partial charge is 0.246 e. The molecule has 23 heavy (non-hydrogen) atoms. The standard InChI is InChI=1S/C17H19N3O.2ClH/c18-12-15-5-3-11-20(15)17(21)10-9-14-8-7-13-4-1-2-6-16(13)19-14;;/h1-2,4,6-10,15H,3,5,11-12,18H2;2*1H/b10-9+;;. The van der Waals surface area contributed by atoms with Crippen molar-refractivity contribution in [3.8, 4) is 0 Å². The Bertz CT molecular complexity index is 690. The normalized spacial score (nSPS) is 17.1. The summed E-state index contributed by atoms with van der Waals surface area (Å²) in [6.45, 7) is 1.34. The summed E-state index contributed by atoms with van der Waals surface area (Å²) >= 11 is 0. The van der Waals surface area contributed by atoms with Gasteiger partial charge in [-0.05, 0) is 31.1 Å². The fraction of sp³-hybridized carbons (Fsp3) is 0.294. The first-order valence-electron chi connectivity index (χ1n) is 7.32. The van der Waals surface area contributed by atoms with Crippen molar-refractivity contribution < 1.29 is 4.79 Å². The zero-order valence-electron chi connectivity index (χ0n) is 12.7. The Morgan fingerprint density at radius 1 is 1.26 bits per heavy atom. The lowest BCUT2D eigenvalue weighted by atomic mass is 10.2. The van der Waals surface area contributed by atoms with E-state index in [1.165, 1.54) is 0 Å². The zero-order chi connectivity index (χ0) is 14.7. The maximum Gasteiger partial charge on any atom is 0.246 e. The van der Waals surface area contributed by atoms with E-state index in [4.69, 9.17) is 5.73 Å². The van der Waals surface area contributed by atoms with E-state index in [9.17, 15) is 4.79 Å². The van der Waals surface area contributed by atoms with Gasteiger partial charge in [0.2, 0.25) is 5.91 Å². The molecule has 0 aliphatic carbocycles. The van der Waals surface area contributed by atoms with Crippen LogP contribution in [0.2, 0.25) is 0 Å². The van der Waals surface area contributed by atoms with E-state index in [1.807, 2.05) is 41.3 Å². The average Bonchev–Trinajstić information content (AvgIpc) is 3.01. The number of aromatic nitrogens is 1. The van der Waals surface area contributed by atoms with Crippen LogP contribution < -0.4 is 5.73 Å². The minimum absolute atomic E-state index is 0. The first-order chi connectivity index (χ1) is 10.3. The van der Waals surface area contributed by atoms with Crippen molar-refractivity contribution in [2.24, 2.45) is 5.73 Å². The summed E-state index contributed by atoms with van der Waals surface area (Å²) in [5, 5.41) is 1.10. The summed E-state index contributed by atoms with van der Waals surface area (Å²) in [7, 11) is 0. The SMILES string of the molecule is Cl.Cl.NCC1CCCN1C(=O)/C=C/c1ccc2ccccc2n1. The Morgan fingerprint density at radius 3 is 2.83 bits per heavy atom. The highest BCUT2D eigenvalue weighted by molar-refractivity contribution is 5.92. The van der Waals surface area contributed by atoms with Crippen LogP contribution in [0.5, 0.6) is 0 Å². The highest BCUT2D eigenvalue weighted by Crippen LogP contribution is 2.17. The van der Waals surface area contributed by atoms with Crippen LogP contribution in [0, 0.1) is 0 Å². The molecular weight excluding hydrogens is 333 g/mol. The summed E-state index contributed by atoms with van der Waals surface area (Å²) in [6, 6.07) is 12.1. The summed E-state index contributed by atoms with van der Waals surface area (Å²) in [5.74, 6) is 0.0258. The molecule has 1 atom stereocenters. The topological polar surface area (TPSA) is 59.2 Å². The molecule has 1 saturated heterocycles. The monoisotopic (exact) mass is 353 g/mol. The van der Waals surface area contributed by atoms with Gasteiger partial charge >= 0.3 is 0 Å². The number of rotatable bonds is 3. The van der Waals surface area contributed by atoms with Gasteiger partial charge in [0.05, 0.1) is 11.2 Å². The zero-order valence-corrected chi connectivity index (χ0v) is 14.4. The van der Waals surface area contributed by atoms with E-state index in [-0.39, 0.29) is 36.8 Å². The number of nitrogens with two attached hydrogens (primary N) is 1. The van der Waals surface area contributed by atoms with Crippen LogP contribution in [0.4, 0.5) is 0 Å². The summed E-state index contributed by atoms with van der Waals surface area (Å²) in [4.78, 5) is 18.6. The van der Waals surface area contributed by atoms with E-state index in [0.717, 1.165) is 36.0 Å². The van der Waals surface area contributed by atoms with Crippen molar-refractivity contribution in [1.82, 2.24) is 9.88 Å². The molecule has 1 amide bonds. The number of para-hydroxylation sites is 1. The van der Waals surface area contributed by atoms with E-state index >= 15 is 0 Å². The van der Waals surface area contributed by atoms with Crippen LogP contribution in [0.1, 0.15) is 18.5 Å². The molecule has 124 valence electrons. The van der Waals surface area contributed by atoms with Gasteiger partial charge in [-0.2, -0.15) is 0 Å². The van der Waals surface area contributed by atoms with Crippen LogP contribution in [0.3, 0.4) is 0 Å². The molecular formula is C17H21Cl2N3O. The van der Waals surface area contributed by atoms with Gasteiger partial charge in [0.25, 0.3) is 0 Å². The van der Waals surface area contributed by atoms with Crippen LogP contribution in [0.25, 0.3) is 17.0 Å². The maximum absolute atomic E-state index is 12.2. The molecule has 1 aromatic carbocycles. The Balaban J connectivity index is 0.00000132. The number of hydrogen-bond acceptors (Lipinski definition) is 3. The number of carbonyl (C=O) groups excluding carboxylic acids is 1. The molecule has 1 aliphatic rings. The van der Waals surface area contributed by atoms with Crippen LogP contribution in [0.15, 0.2) is 42.5 Å². The number of pyridine rings is 1. The van der Waals surface area contributed by atoms with Gasteiger partial charge in [0.15, 0.2) is 0 Å². The minimum atomic E-state index is 0. The number of hydrogen-bond donors (Lipinski definition) is 1. The molecule has 0 bridgehead atoms. The van der Waals surface area contributed by atoms with Crippen LogP contribution in [-0.2, 0) is 4.79 Å². The van der Waals surface area contributed by atoms with Gasteiger partial charge in [-0.25, -0.2) is 4.98 Å². The number of halogens is 2. The fourth-order valence-electron chi connectivity index (χ4n) is 2.80. The average molecular weight is 354 g/mol. The Labute approximate surface area is 148 Å². The number of nitrogens with zero attached hydrogens (tertiary/aromatic N) is 2. The van der Waals surface area contributed by atoms with Gasteiger partial charge in [-0.1, -0.05) is 24.3 Å². The summed E-state index contributed by atoms with van der Waals surface area (Å²) < 4.78 is 0. The third kappa shape index (κ3) is 4.44. The highest BCUT2D eigenvalue weighted by Gasteiger charge is 2.25. The Morgan fingerprint density at radius 2 is 2.04 bits per heavy atom. The lowest BCUT2D eigenvalue weighted by molar-refractivity contribution is -0.126. The largest absolute Gasteiger partial charge is 0.335 e. The van der Waals surface area contributed by atoms with Gasteiger partial charge < -0.3 is 10.6 Å². The number of benzene rings is 1. The van der Waals surface area contributed by atoms with Crippen molar-refractivity contribution in [1.29, 1.82) is 0 Å². The molecule has 1 fully saturated rings. The lowest BCUT2D eigenvalue weighted by Crippen LogP contribution is -2.38. The number of amides is 1. The van der Waals surface area contributed by atoms with Crippen molar-refractivity contribution in [3.05, 3.63) is 48.2 Å². The molecule has 3 rings (SSSR count). The van der Waals surface area contributed by atoms with Gasteiger partial charge in [0, 0.05) is 30.6 Å². The van der Waals surface area contributed by atoms with E-state index in [0.29, 0.717) is 6.54 Å². The molecule has 6 heteroatoms. The van der Waals surface area contributed by atoms with Gasteiger partial charge in [-0.3, -0.25) is 4.79 Å². The molecule has 4 nitrogen and oxygen atoms in total. The highest BCUT2D eigenvalue weighted by atomic mass is 35.5. The second kappa shape index (κ2) is 8.87. The Hall–Kier alpha value is -1.62. The summed E-state index contributed by atoms with van der Waals surface area (Å²) in [5.41, 5.74) is 7.44. The molecule has 1 aromatic heterocycles. The van der Waals surface area contributed by atoms with Crippen molar-refractivity contribution >= 4 is 47.7 Å².